The van der Waals surface area contributed by atoms with E-state index in [-0.39, 0.29) is 17.1 Å². The van der Waals surface area contributed by atoms with Gasteiger partial charge in [-0.05, 0) is 43.7 Å². The molecule has 2 rings (SSSR count). The molecule has 0 aliphatic carbocycles. The standard InChI is InChI=1S/C22H29N3O6S/c1-5-25(6-2)32(28,29)17-13-12-16(4)18(14-17)22(27)24-23-21(26)15-31-20-11-9-8-10-19(20)30-7-3/h8-14H,5-7,15H2,1-4H3,(H,23,26)(H,24,27). The fourth-order valence-electron chi connectivity index (χ4n) is 2.94. The average molecular weight is 464 g/mol. The van der Waals surface area contributed by atoms with Gasteiger partial charge in [0.1, 0.15) is 0 Å². The first kappa shape index (κ1) is 25.2. The van der Waals surface area contributed by atoms with Gasteiger partial charge in [0.05, 0.1) is 11.5 Å². The van der Waals surface area contributed by atoms with E-state index in [1.165, 1.54) is 16.4 Å². The second-order valence-electron chi connectivity index (χ2n) is 6.74. The van der Waals surface area contributed by atoms with Gasteiger partial charge in [-0.3, -0.25) is 20.4 Å². The first-order valence-corrected chi connectivity index (χ1v) is 11.7. The van der Waals surface area contributed by atoms with Crippen LogP contribution in [-0.2, 0) is 14.8 Å². The van der Waals surface area contributed by atoms with Crippen molar-refractivity contribution >= 4 is 21.8 Å². The highest BCUT2D eigenvalue weighted by Gasteiger charge is 2.23. The van der Waals surface area contributed by atoms with E-state index in [9.17, 15) is 18.0 Å². The third kappa shape index (κ3) is 6.21. The minimum absolute atomic E-state index is 0.0131. The number of aryl methyl sites for hydroxylation is 1. The van der Waals surface area contributed by atoms with E-state index >= 15 is 0 Å². The number of hydrogen-bond acceptors (Lipinski definition) is 6. The minimum atomic E-state index is -3.72. The van der Waals surface area contributed by atoms with Crippen LogP contribution in [0.5, 0.6) is 11.5 Å². The van der Waals surface area contributed by atoms with Crippen molar-refractivity contribution in [1.82, 2.24) is 15.2 Å². The van der Waals surface area contributed by atoms with Crippen molar-refractivity contribution in [2.45, 2.75) is 32.6 Å². The summed E-state index contributed by atoms with van der Waals surface area (Å²) in [6, 6.07) is 11.2. The number of sulfonamides is 1. The smallest absolute Gasteiger partial charge is 0.276 e. The number of nitrogens with zero attached hydrogens (tertiary/aromatic N) is 1. The van der Waals surface area contributed by atoms with Crippen LogP contribution in [0.25, 0.3) is 0 Å². The first-order chi connectivity index (χ1) is 15.2. The number of carbonyl (C=O) groups excluding carboxylic acids is 2. The Morgan fingerprint density at radius 3 is 2.16 bits per heavy atom. The number of hydrazine groups is 1. The third-order valence-electron chi connectivity index (χ3n) is 4.62. The third-order valence-corrected chi connectivity index (χ3v) is 6.67. The van der Waals surface area contributed by atoms with Gasteiger partial charge in [-0.15, -0.1) is 0 Å². The van der Waals surface area contributed by atoms with Gasteiger partial charge in [0.15, 0.2) is 18.1 Å². The fourth-order valence-corrected chi connectivity index (χ4v) is 4.42. The molecule has 2 N–H and O–H groups in total. The number of ether oxygens (including phenoxy) is 2. The molecule has 0 spiro atoms. The molecule has 32 heavy (non-hydrogen) atoms. The van der Waals surface area contributed by atoms with E-state index in [0.717, 1.165) is 0 Å². The number of amides is 2. The molecule has 2 aromatic carbocycles. The lowest BCUT2D eigenvalue weighted by Gasteiger charge is -2.19. The Kier molecular flexibility index (Phi) is 9.03. The predicted octanol–water partition coefficient (Wildman–Crippen LogP) is 2.26. The van der Waals surface area contributed by atoms with E-state index in [4.69, 9.17) is 9.47 Å². The van der Waals surface area contributed by atoms with Crippen LogP contribution in [-0.4, -0.2) is 50.8 Å². The number of hydrogen-bond donors (Lipinski definition) is 2. The molecule has 2 amide bonds. The molecule has 10 heteroatoms. The van der Waals surface area contributed by atoms with Crippen molar-refractivity contribution in [3.63, 3.8) is 0 Å². The van der Waals surface area contributed by atoms with Gasteiger partial charge >= 0.3 is 0 Å². The molecule has 0 radical (unpaired) electrons. The lowest BCUT2D eigenvalue weighted by Crippen LogP contribution is -2.44. The van der Waals surface area contributed by atoms with Gasteiger partial charge in [-0.25, -0.2) is 8.42 Å². The van der Waals surface area contributed by atoms with Crippen LogP contribution in [0, 0.1) is 6.92 Å². The number of nitrogens with one attached hydrogen (secondary N) is 2. The van der Waals surface area contributed by atoms with Gasteiger partial charge in [-0.1, -0.05) is 32.0 Å². The van der Waals surface area contributed by atoms with E-state index < -0.39 is 21.8 Å². The Hall–Kier alpha value is -3.11. The Morgan fingerprint density at radius 2 is 1.56 bits per heavy atom. The van der Waals surface area contributed by atoms with Gasteiger partial charge in [0.25, 0.3) is 11.8 Å². The topological polar surface area (TPSA) is 114 Å². The zero-order valence-corrected chi connectivity index (χ0v) is 19.5. The Bertz CT molecular complexity index is 1050. The number of benzene rings is 2. The second-order valence-corrected chi connectivity index (χ2v) is 8.67. The largest absolute Gasteiger partial charge is 0.490 e. The summed E-state index contributed by atoms with van der Waals surface area (Å²) in [4.78, 5) is 24.7. The SMILES string of the molecule is CCOc1ccccc1OCC(=O)NNC(=O)c1cc(S(=O)(=O)N(CC)CC)ccc1C. The molecular formula is C22H29N3O6S. The molecule has 0 saturated carbocycles. The molecule has 0 aliphatic heterocycles. The number of carbonyl (C=O) groups is 2. The summed E-state index contributed by atoms with van der Waals surface area (Å²) < 4.78 is 37.7. The maximum atomic E-state index is 12.7. The van der Waals surface area contributed by atoms with Crippen molar-refractivity contribution in [3.8, 4) is 11.5 Å². The summed E-state index contributed by atoms with van der Waals surface area (Å²) in [5, 5.41) is 0. The highest BCUT2D eigenvalue weighted by Crippen LogP contribution is 2.26. The Morgan fingerprint density at radius 1 is 0.938 bits per heavy atom. The molecule has 0 atom stereocenters. The van der Waals surface area contributed by atoms with Crippen LogP contribution in [0.4, 0.5) is 0 Å². The highest BCUT2D eigenvalue weighted by molar-refractivity contribution is 7.89. The van der Waals surface area contributed by atoms with Crippen molar-refractivity contribution in [2.24, 2.45) is 0 Å². The molecule has 0 aromatic heterocycles. The molecule has 0 unspecified atom stereocenters. The summed E-state index contributed by atoms with van der Waals surface area (Å²) in [6.07, 6.45) is 0. The molecule has 2 aromatic rings. The lowest BCUT2D eigenvalue weighted by molar-refractivity contribution is -0.123. The summed E-state index contributed by atoms with van der Waals surface area (Å²) in [6.45, 7) is 7.74. The predicted molar refractivity (Wildman–Crippen MR) is 120 cm³/mol. The van der Waals surface area contributed by atoms with Gasteiger partial charge in [0, 0.05) is 18.7 Å². The van der Waals surface area contributed by atoms with E-state index in [1.54, 1.807) is 51.1 Å². The summed E-state index contributed by atoms with van der Waals surface area (Å²) in [5.41, 5.74) is 5.27. The van der Waals surface area contributed by atoms with Crippen molar-refractivity contribution < 1.29 is 27.5 Å². The normalized spacial score (nSPS) is 11.2. The van der Waals surface area contributed by atoms with Crippen LogP contribution in [0.2, 0.25) is 0 Å². The van der Waals surface area contributed by atoms with Gasteiger partial charge in [-0.2, -0.15) is 4.31 Å². The Labute approximate surface area is 188 Å². The minimum Gasteiger partial charge on any atom is -0.490 e. The van der Waals surface area contributed by atoms with Crippen LogP contribution >= 0.6 is 0 Å². The quantitative estimate of drug-likeness (QED) is 0.523. The zero-order chi connectivity index (χ0) is 23.7. The van der Waals surface area contributed by atoms with Crippen molar-refractivity contribution in [2.75, 3.05) is 26.3 Å². The first-order valence-electron chi connectivity index (χ1n) is 10.3. The lowest BCUT2D eigenvalue weighted by atomic mass is 10.1. The Balaban J connectivity index is 2.03. The van der Waals surface area contributed by atoms with Crippen molar-refractivity contribution in [3.05, 3.63) is 53.6 Å². The van der Waals surface area contributed by atoms with Gasteiger partial charge < -0.3 is 9.47 Å². The highest BCUT2D eigenvalue weighted by atomic mass is 32.2. The summed E-state index contributed by atoms with van der Waals surface area (Å²) >= 11 is 0. The monoisotopic (exact) mass is 463 g/mol. The van der Waals surface area contributed by atoms with Crippen LogP contribution < -0.4 is 20.3 Å². The molecule has 0 heterocycles. The zero-order valence-electron chi connectivity index (χ0n) is 18.7. The summed E-state index contributed by atoms with van der Waals surface area (Å²) in [7, 11) is -3.72. The van der Waals surface area contributed by atoms with Crippen LogP contribution in [0.3, 0.4) is 0 Å². The van der Waals surface area contributed by atoms with Gasteiger partial charge in [0.2, 0.25) is 10.0 Å². The van der Waals surface area contributed by atoms with Crippen LogP contribution in [0.1, 0.15) is 36.7 Å². The number of rotatable bonds is 10. The molecule has 9 nitrogen and oxygen atoms in total. The second kappa shape index (κ2) is 11.5. The van der Waals surface area contributed by atoms with E-state index in [2.05, 4.69) is 10.9 Å². The fraction of sp³-hybridized carbons (Fsp3) is 0.364. The molecule has 0 bridgehead atoms. The molecule has 0 aliphatic rings. The van der Waals surface area contributed by atoms with Crippen molar-refractivity contribution in [1.29, 1.82) is 0 Å². The average Bonchev–Trinajstić information content (AvgIpc) is 2.77. The molecule has 0 fully saturated rings. The van der Waals surface area contributed by atoms with E-state index in [1.807, 2.05) is 6.92 Å². The number of para-hydroxylation sites is 2. The maximum absolute atomic E-state index is 12.7. The maximum Gasteiger partial charge on any atom is 0.276 e. The molecule has 0 saturated heterocycles. The molecule has 174 valence electrons. The van der Waals surface area contributed by atoms with E-state index in [0.29, 0.717) is 36.8 Å². The molecular weight excluding hydrogens is 434 g/mol. The summed E-state index contributed by atoms with van der Waals surface area (Å²) in [5.74, 6) is -0.314. The van der Waals surface area contributed by atoms with Crippen LogP contribution in [0.15, 0.2) is 47.4 Å².